The van der Waals surface area contributed by atoms with Crippen LogP contribution in [-0.4, -0.2) is 63.0 Å². The normalized spacial score (nSPS) is 26.1. The molecule has 2 aromatic carbocycles. The molecule has 0 radical (unpaired) electrons. The summed E-state index contributed by atoms with van der Waals surface area (Å²) in [5.74, 6) is -0.639. The van der Waals surface area contributed by atoms with Crippen LogP contribution < -0.4 is 4.74 Å². The first-order valence-corrected chi connectivity index (χ1v) is 12.3. The van der Waals surface area contributed by atoms with Gasteiger partial charge in [0.15, 0.2) is 0 Å². The Morgan fingerprint density at radius 1 is 1.12 bits per heavy atom. The summed E-state index contributed by atoms with van der Waals surface area (Å²) in [5, 5.41) is 40.3. The van der Waals surface area contributed by atoms with Gasteiger partial charge in [-0.05, 0) is 54.0 Å². The van der Waals surface area contributed by atoms with E-state index in [1.165, 1.54) is 11.8 Å². The number of carbonyl (C=O) groups is 1. The summed E-state index contributed by atoms with van der Waals surface area (Å²) in [6.45, 7) is 1.97. The zero-order valence-corrected chi connectivity index (χ0v) is 20.0. The second kappa shape index (κ2) is 11.6. The molecule has 1 unspecified atom stereocenters. The number of aliphatic carboxylic acids is 1. The highest BCUT2D eigenvalue weighted by atomic mass is 35.5. The predicted molar refractivity (Wildman–Crippen MR) is 127 cm³/mol. The number of ether oxygens (including phenoxy) is 2. The Morgan fingerprint density at radius 2 is 1.82 bits per heavy atom. The van der Waals surface area contributed by atoms with Gasteiger partial charge in [0, 0.05) is 5.02 Å². The summed E-state index contributed by atoms with van der Waals surface area (Å²) < 4.78 is 11.5. The summed E-state index contributed by atoms with van der Waals surface area (Å²) in [7, 11) is 0. The number of carboxylic acid groups (broad SMARTS) is 1. The zero-order chi connectivity index (χ0) is 24.1. The molecule has 9 heteroatoms. The Morgan fingerprint density at radius 3 is 2.45 bits per heavy atom. The van der Waals surface area contributed by atoms with Gasteiger partial charge in [-0.1, -0.05) is 42.8 Å². The molecule has 0 spiro atoms. The van der Waals surface area contributed by atoms with Crippen LogP contribution in [0.25, 0.3) is 0 Å². The van der Waals surface area contributed by atoms with Crippen LogP contribution in [0, 0.1) is 5.92 Å². The fourth-order valence-electron chi connectivity index (χ4n) is 3.63. The second-order valence-corrected chi connectivity index (χ2v) is 9.52. The summed E-state index contributed by atoms with van der Waals surface area (Å²) in [4.78, 5) is 10.9. The van der Waals surface area contributed by atoms with Gasteiger partial charge in [0.2, 0.25) is 0 Å². The van der Waals surface area contributed by atoms with Gasteiger partial charge >= 0.3 is 5.97 Å². The Balaban J connectivity index is 1.68. The molecule has 1 saturated heterocycles. The monoisotopic (exact) mass is 496 g/mol. The fraction of sp³-hybridized carbons (Fsp3) is 0.458. The van der Waals surface area contributed by atoms with Crippen LogP contribution in [0.15, 0.2) is 42.5 Å². The van der Waals surface area contributed by atoms with Gasteiger partial charge in [0.25, 0.3) is 0 Å². The van der Waals surface area contributed by atoms with Gasteiger partial charge in [-0.25, -0.2) is 0 Å². The number of hydrogen-bond acceptors (Lipinski definition) is 7. The molecule has 4 N–H and O–H groups in total. The molecule has 180 valence electrons. The molecule has 7 nitrogen and oxygen atoms in total. The topological polar surface area (TPSA) is 116 Å². The maximum atomic E-state index is 10.9. The molecule has 1 heterocycles. The maximum Gasteiger partial charge on any atom is 0.306 e. The van der Waals surface area contributed by atoms with Crippen LogP contribution in [-0.2, 0) is 16.0 Å². The van der Waals surface area contributed by atoms with Gasteiger partial charge in [-0.2, -0.15) is 0 Å². The van der Waals surface area contributed by atoms with E-state index in [4.69, 9.17) is 26.2 Å². The van der Waals surface area contributed by atoms with Crippen molar-refractivity contribution in [1.29, 1.82) is 0 Å². The molecule has 1 aliphatic rings. The molecule has 2 aromatic rings. The predicted octanol–water partition coefficient (Wildman–Crippen LogP) is 3.26. The third kappa shape index (κ3) is 6.41. The van der Waals surface area contributed by atoms with Crippen molar-refractivity contribution in [3.63, 3.8) is 0 Å². The van der Waals surface area contributed by atoms with Crippen molar-refractivity contribution in [3.05, 3.63) is 64.2 Å². The van der Waals surface area contributed by atoms with E-state index in [9.17, 15) is 20.1 Å². The second-order valence-electron chi connectivity index (χ2n) is 8.18. The number of rotatable bonds is 9. The van der Waals surface area contributed by atoms with Crippen molar-refractivity contribution in [2.75, 3.05) is 12.9 Å². The first-order chi connectivity index (χ1) is 15.7. The van der Waals surface area contributed by atoms with Crippen LogP contribution in [0.2, 0.25) is 5.02 Å². The number of thioether (sulfide) groups is 1. The van der Waals surface area contributed by atoms with E-state index in [0.717, 1.165) is 11.1 Å². The average Bonchev–Trinajstić information content (AvgIpc) is 2.80. The molecule has 3 rings (SSSR count). The highest BCUT2D eigenvalue weighted by Gasteiger charge is 2.44. The fourth-order valence-corrected chi connectivity index (χ4v) is 4.48. The molecule has 0 aliphatic carbocycles. The Bertz CT molecular complexity index is 937. The number of hydrogen-bond donors (Lipinski definition) is 4. The van der Waals surface area contributed by atoms with Crippen LogP contribution in [0.4, 0.5) is 0 Å². The minimum Gasteiger partial charge on any atom is -0.494 e. The minimum atomic E-state index is -1.31. The van der Waals surface area contributed by atoms with Crippen LogP contribution in [0.5, 0.6) is 5.75 Å². The molecule has 1 aliphatic heterocycles. The quantitative estimate of drug-likeness (QED) is 0.418. The van der Waals surface area contributed by atoms with Crippen molar-refractivity contribution >= 4 is 29.3 Å². The van der Waals surface area contributed by atoms with Gasteiger partial charge in [-0.3, -0.25) is 4.79 Å². The molecule has 0 amide bonds. The Labute approximate surface area is 202 Å². The lowest BCUT2D eigenvalue weighted by molar-refractivity contribution is -0.200. The minimum absolute atomic E-state index is 0.321. The molecule has 6 atom stereocenters. The third-order valence-electron chi connectivity index (χ3n) is 5.76. The summed E-state index contributed by atoms with van der Waals surface area (Å²) in [6, 6.07) is 12.8. The summed E-state index contributed by atoms with van der Waals surface area (Å²) in [5.41, 5.74) is 1.83. The molecule has 0 aromatic heterocycles. The number of halogens is 1. The van der Waals surface area contributed by atoms with Crippen molar-refractivity contribution in [3.8, 4) is 5.75 Å². The lowest BCUT2D eigenvalue weighted by Gasteiger charge is -2.40. The third-order valence-corrected chi connectivity index (χ3v) is 6.98. The van der Waals surface area contributed by atoms with Crippen LogP contribution >= 0.6 is 23.4 Å². The SMILES string of the molecule is CS[C@H]1O[C@@H](c2ccc(Cl)c(Cc3ccc(OCCC(C)C(=O)O)cc3)c2)[C@H](O)[C@@H](O)[C@@H]1O. The van der Waals surface area contributed by atoms with Gasteiger partial charge in [-0.15, -0.1) is 11.8 Å². The Kier molecular flexibility index (Phi) is 9.03. The zero-order valence-electron chi connectivity index (χ0n) is 18.4. The standard InChI is InChI=1S/C24H29ClO7S/c1-13(23(29)30)9-10-31-17-6-3-14(4-7-17)11-16-12-15(5-8-18(16)25)22-20(27)19(26)21(28)24(32-22)33-2/h3-8,12-13,19-22,24,26-28H,9-11H2,1-2H3,(H,29,30)/t13?,19-,20-,21+,22+,24-/m1/s1. The average molecular weight is 497 g/mol. The number of aliphatic hydroxyl groups excluding tert-OH is 3. The lowest BCUT2D eigenvalue weighted by Crippen LogP contribution is -2.52. The largest absolute Gasteiger partial charge is 0.494 e. The number of carboxylic acids is 1. The molecule has 0 bridgehead atoms. The highest BCUT2D eigenvalue weighted by Crippen LogP contribution is 2.37. The summed E-state index contributed by atoms with van der Waals surface area (Å²) >= 11 is 7.68. The van der Waals surface area contributed by atoms with Crippen LogP contribution in [0.3, 0.4) is 0 Å². The van der Waals surface area contributed by atoms with Crippen molar-refractivity contribution < 1.29 is 34.7 Å². The lowest BCUT2D eigenvalue weighted by atomic mass is 9.92. The van der Waals surface area contributed by atoms with Crippen molar-refractivity contribution in [1.82, 2.24) is 0 Å². The molecular formula is C24H29ClO7S. The van der Waals surface area contributed by atoms with Crippen LogP contribution in [0.1, 0.15) is 36.1 Å². The first kappa shape index (κ1) is 25.8. The van der Waals surface area contributed by atoms with E-state index in [1.54, 1.807) is 25.3 Å². The van der Waals surface area contributed by atoms with E-state index in [0.29, 0.717) is 35.8 Å². The molecule has 1 fully saturated rings. The molecular weight excluding hydrogens is 468 g/mol. The van der Waals surface area contributed by atoms with Crippen molar-refractivity contribution in [2.45, 2.75) is 49.6 Å². The van der Waals surface area contributed by atoms with E-state index < -0.39 is 41.7 Å². The maximum absolute atomic E-state index is 10.9. The summed E-state index contributed by atoms with van der Waals surface area (Å²) in [6.07, 6.45) is -1.82. The van der Waals surface area contributed by atoms with E-state index in [-0.39, 0.29) is 0 Å². The van der Waals surface area contributed by atoms with Crippen molar-refractivity contribution in [2.24, 2.45) is 5.92 Å². The van der Waals surface area contributed by atoms with Gasteiger partial charge < -0.3 is 29.9 Å². The number of aliphatic hydroxyl groups is 3. The van der Waals surface area contributed by atoms with Gasteiger partial charge in [0.05, 0.1) is 12.5 Å². The molecule has 33 heavy (non-hydrogen) atoms. The van der Waals surface area contributed by atoms with Gasteiger partial charge in [0.1, 0.15) is 35.6 Å². The molecule has 0 saturated carbocycles. The smallest absolute Gasteiger partial charge is 0.306 e. The van der Waals surface area contributed by atoms with E-state index in [1.807, 2.05) is 30.3 Å². The highest BCUT2D eigenvalue weighted by molar-refractivity contribution is 7.99. The Hall–Kier alpha value is -1.81. The van der Waals surface area contributed by atoms with E-state index >= 15 is 0 Å². The number of benzene rings is 2. The van der Waals surface area contributed by atoms with E-state index in [2.05, 4.69) is 0 Å². The first-order valence-electron chi connectivity index (χ1n) is 10.7.